The maximum atomic E-state index is 9.23. The van der Waals surface area contributed by atoms with Crippen molar-refractivity contribution in [2.45, 2.75) is 25.9 Å². The van der Waals surface area contributed by atoms with Crippen LogP contribution < -0.4 is 10.2 Å². The van der Waals surface area contributed by atoms with E-state index in [4.69, 9.17) is 13.8 Å². The molecule has 1 aliphatic heterocycles. The van der Waals surface area contributed by atoms with Crippen molar-refractivity contribution in [3.63, 3.8) is 0 Å². The van der Waals surface area contributed by atoms with Crippen molar-refractivity contribution < 1.29 is 8.83 Å². The van der Waals surface area contributed by atoms with Gasteiger partial charge in [-0.1, -0.05) is 79.4 Å². The lowest BCUT2D eigenvalue weighted by molar-refractivity contribution is 0.668. The van der Waals surface area contributed by atoms with Gasteiger partial charge in [-0.15, -0.1) is 0 Å². The van der Waals surface area contributed by atoms with E-state index in [0.717, 1.165) is 102 Å². The second-order valence-electron chi connectivity index (χ2n) is 13.3. The average molecular weight is 677 g/mol. The average Bonchev–Trinajstić information content (AvgIpc) is 3.74. The van der Waals surface area contributed by atoms with Gasteiger partial charge in [0.2, 0.25) is 0 Å². The lowest BCUT2D eigenvalue weighted by atomic mass is 10.0. The summed E-state index contributed by atoms with van der Waals surface area (Å²) in [6, 6.07) is 34.9. The molecule has 0 amide bonds. The van der Waals surface area contributed by atoms with E-state index >= 15 is 0 Å². The Hall–Kier alpha value is -6.66. The van der Waals surface area contributed by atoms with E-state index in [0.29, 0.717) is 5.84 Å². The van der Waals surface area contributed by atoms with E-state index in [9.17, 15) is 5.41 Å². The standard InChI is InChI=1S/C46H36N4O2/c1-29-12-10-11-25-50(40-17-8-6-15-35(29)40)34-21-23-38-39-26-33(20-24-42(39)52-44(38)28-34)45(47)49-46(31-13-4-3-5-14-31)48-30(2)32-19-22-37-36-16-7-9-18-41(36)51-43(37)27-32/h3-4,6-13,15-28,46H,1,5,14H2,2H3,(H2,47,49)/b12-10-,25-11-,48-30+. The third-order valence-corrected chi connectivity index (χ3v) is 9.97. The molecule has 9 rings (SSSR count). The molecule has 52 heavy (non-hydrogen) atoms. The highest BCUT2D eigenvalue weighted by Gasteiger charge is 2.20. The Balaban J connectivity index is 1.03. The third kappa shape index (κ3) is 5.64. The molecule has 6 heteroatoms. The highest BCUT2D eigenvalue weighted by atomic mass is 16.3. The Morgan fingerprint density at radius 1 is 0.769 bits per heavy atom. The number of rotatable bonds is 6. The second kappa shape index (κ2) is 12.9. The molecular weight excluding hydrogens is 641 g/mol. The summed E-state index contributed by atoms with van der Waals surface area (Å²) in [6.45, 7) is 6.29. The van der Waals surface area contributed by atoms with Crippen molar-refractivity contribution in [3.8, 4) is 0 Å². The Morgan fingerprint density at radius 2 is 1.52 bits per heavy atom. The lowest BCUT2D eigenvalue weighted by Gasteiger charge is -2.24. The number of hydrogen-bond donors (Lipinski definition) is 2. The first kappa shape index (κ1) is 31.3. The fourth-order valence-corrected chi connectivity index (χ4v) is 7.23. The van der Waals surface area contributed by atoms with Gasteiger partial charge in [0.05, 0.1) is 5.69 Å². The molecule has 6 nitrogen and oxygen atoms in total. The predicted octanol–water partition coefficient (Wildman–Crippen LogP) is 11.7. The van der Waals surface area contributed by atoms with Crippen LogP contribution in [0.4, 0.5) is 11.4 Å². The fourth-order valence-electron chi connectivity index (χ4n) is 7.23. The fraction of sp³-hybridized carbons (Fsp3) is 0.0870. The van der Waals surface area contributed by atoms with Crippen LogP contribution in [0.25, 0.3) is 49.5 Å². The van der Waals surface area contributed by atoms with Crippen molar-refractivity contribution in [1.82, 2.24) is 5.32 Å². The van der Waals surface area contributed by atoms with E-state index in [1.54, 1.807) is 0 Å². The van der Waals surface area contributed by atoms with Gasteiger partial charge >= 0.3 is 0 Å². The zero-order chi connectivity index (χ0) is 35.2. The number of anilines is 2. The zero-order valence-electron chi connectivity index (χ0n) is 28.8. The minimum atomic E-state index is -0.400. The molecule has 2 aromatic heterocycles. The monoisotopic (exact) mass is 676 g/mol. The van der Waals surface area contributed by atoms with Crippen LogP contribution in [-0.2, 0) is 0 Å². The van der Waals surface area contributed by atoms with Gasteiger partial charge in [-0.3, -0.25) is 10.4 Å². The number of nitrogens with zero attached hydrogens (tertiary/aromatic N) is 2. The highest BCUT2D eigenvalue weighted by Crippen LogP contribution is 2.38. The Bertz CT molecular complexity index is 2730. The lowest BCUT2D eigenvalue weighted by Crippen LogP contribution is -2.36. The third-order valence-electron chi connectivity index (χ3n) is 9.97. The molecule has 1 atom stereocenters. The molecule has 0 spiro atoms. The van der Waals surface area contributed by atoms with Crippen molar-refractivity contribution >= 4 is 72.4 Å². The molecule has 252 valence electrons. The van der Waals surface area contributed by atoms with Crippen LogP contribution in [0.2, 0.25) is 0 Å². The maximum absolute atomic E-state index is 9.23. The van der Waals surface area contributed by atoms with Crippen molar-refractivity contribution in [2.24, 2.45) is 4.99 Å². The first-order chi connectivity index (χ1) is 25.5. The molecule has 1 unspecified atom stereocenters. The second-order valence-corrected chi connectivity index (χ2v) is 13.3. The van der Waals surface area contributed by atoms with Crippen molar-refractivity contribution in [3.05, 3.63) is 175 Å². The van der Waals surface area contributed by atoms with Gasteiger partial charge in [0.15, 0.2) is 0 Å². The van der Waals surface area contributed by atoms with Crippen LogP contribution in [0.15, 0.2) is 172 Å². The van der Waals surface area contributed by atoms with Gasteiger partial charge in [-0.25, -0.2) is 0 Å². The summed E-state index contributed by atoms with van der Waals surface area (Å²) in [7, 11) is 0. The summed E-state index contributed by atoms with van der Waals surface area (Å²) in [6.07, 6.45) is 15.9. The van der Waals surface area contributed by atoms with Crippen LogP contribution in [-0.4, -0.2) is 17.7 Å². The molecule has 3 heterocycles. The Morgan fingerprint density at radius 3 is 2.40 bits per heavy atom. The molecule has 2 aliphatic rings. The summed E-state index contributed by atoms with van der Waals surface area (Å²) < 4.78 is 12.6. The minimum Gasteiger partial charge on any atom is -0.456 e. The number of allylic oxidation sites excluding steroid dienone is 7. The Kier molecular flexibility index (Phi) is 7.77. The number of furan rings is 2. The first-order valence-electron chi connectivity index (χ1n) is 17.6. The van der Waals surface area contributed by atoms with Crippen LogP contribution in [0, 0.1) is 5.41 Å². The summed E-state index contributed by atoms with van der Waals surface area (Å²) in [5.41, 5.74) is 11.1. The molecule has 0 saturated heterocycles. The molecule has 0 fully saturated rings. The van der Waals surface area contributed by atoms with E-state index < -0.39 is 6.17 Å². The van der Waals surface area contributed by atoms with Crippen molar-refractivity contribution in [2.75, 3.05) is 4.90 Å². The summed E-state index contributed by atoms with van der Waals surface area (Å²) in [5, 5.41) is 16.8. The number of benzene rings is 5. The molecule has 2 N–H and O–H groups in total. The maximum Gasteiger partial charge on any atom is 0.142 e. The molecule has 5 aromatic carbocycles. The number of fused-ring (bicyclic) bond motifs is 7. The molecule has 7 aromatic rings. The van der Waals surface area contributed by atoms with Gasteiger partial charge in [-0.2, -0.15) is 0 Å². The van der Waals surface area contributed by atoms with Crippen LogP contribution in [0.5, 0.6) is 0 Å². The Labute approximate surface area is 301 Å². The summed E-state index contributed by atoms with van der Waals surface area (Å²) in [5.74, 6) is 0.299. The molecular formula is C46H36N4O2. The van der Waals surface area contributed by atoms with Crippen LogP contribution in [0.3, 0.4) is 0 Å². The summed E-state index contributed by atoms with van der Waals surface area (Å²) >= 11 is 0. The normalized spacial score (nSPS) is 16.5. The number of nitrogens with one attached hydrogen (secondary N) is 2. The van der Waals surface area contributed by atoms with E-state index in [1.807, 2.05) is 73.7 Å². The number of hydrogen-bond acceptors (Lipinski definition) is 5. The highest BCUT2D eigenvalue weighted by molar-refractivity contribution is 6.10. The summed E-state index contributed by atoms with van der Waals surface area (Å²) in [4.78, 5) is 7.33. The minimum absolute atomic E-state index is 0.299. The number of amidine groups is 1. The molecule has 1 aliphatic carbocycles. The van der Waals surface area contributed by atoms with Crippen LogP contribution in [0.1, 0.15) is 36.5 Å². The van der Waals surface area contributed by atoms with E-state index in [-0.39, 0.29) is 0 Å². The topological polar surface area (TPSA) is 77.8 Å². The van der Waals surface area contributed by atoms with Gasteiger partial charge < -0.3 is 19.1 Å². The zero-order valence-corrected chi connectivity index (χ0v) is 28.8. The van der Waals surface area contributed by atoms with Gasteiger partial charge in [-0.05, 0) is 97.1 Å². The number of aliphatic imine (C=N–C) groups is 1. The van der Waals surface area contributed by atoms with Gasteiger partial charge in [0.1, 0.15) is 34.3 Å². The predicted molar refractivity (Wildman–Crippen MR) is 216 cm³/mol. The number of para-hydroxylation sites is 2. The molecule has 0 bridgehead atoms. The van der Waals surface area contributed by atoms with Gasteiger partial charge in [0.25, 0.3) is 0 Å². The quantitative estimate of drug-likeness (QED) is 0.136. The molecule has 0 radical (unpaired) electrons. The first-order valence-corrected chi connectivity index (χ1v) is 17.6. The SMILES string of the molecule is C=C1/C=C\C=C/N(c2ccc3c(c2)oc2ccc(C(=N)NC(/N=C(\C)c4ccc5c(c4)oc4ccccc45)C4=CC=CCC4)cc23)c2ccccc21. The van der Waals surface area contributed by atoms with E-state index in [1.165, 1.54) is 0 Å². The molecule has 0 saturated carbocycles. The van der Waals surface area contributed by atoms with E-state index in [2.05, 4.69) is 95.8 Å². The van der Waals surface area contributed by atoms with Gasteiger partial charge in [0, 0.05) is 56.3 Å². The van der Waals surface area contributed by atoms with Crippen LogP contribution >= 0.6 is 0 Å². The van der Waals surface area contributed by atoms with Crippen molar-refractivity contribution in [1.29, 1.82) is 5.41 Å². The smallest absolute Gasteiger partial charge is 0.142 e. The largest absolute Gasteiger partial charge is 0.456 e.